The van der Waals surface area contributed by atoms with E-state index in [-0.39, 0.29) is 18.5 Å². The third-order valence-electron chi connectivity index (χ3n) is 6.11. The predicted molar refractivity (Wildman–Crippen MR) is 135 cm³/mol. The van der Waals surface area contributed by atoms with Gasteiger partial charge in [-0.3, -0.25) is 9.59 Å². The van der Waals surface area contributed by atoms with Crippen molar-refractivity contribution in [1.82, 2.24) is 19.9 Å². The molecule has 36 heavy (non-hydrogen) atoms. The van der Waals surface area contributed by atoms with Gasteiger partial charge in [0.15, 0.2) is 0 Å². The average Bonchev–Trinajstić information content (AvgIpc) is 3.30. The number of para-hydroxylation sites is 1. The van der Waals surface area contributed by atoms with Gasteiger partial charge < -0.3 is 15.0 Å². The summed E-state index contributed by atoms with van der Waals surface area (Å²) in [5.41, 5.74) is 2.42. The van der Waals surface area contributed by atoms with E-state index in [1.807, 2.05) is 38.1 Å². The topological polar surface area (TPSA) is 89.4 Å². The monoisotopic (exact) mass is 489 g/mol. The van der Waals surface area contributed by atoms with E-state index in [2.05, 4.69) is 15.6 Å². The maximum absolute atomic E-state index is 13.8. The molecule has 0 aliphatic rings. The smallest absolute Gasteiger partial charge is 0.251 e. The number of nitrogens with one attached hydrogen (secondary N) is 1. The van der Waals surface area contributed by atoms with E-state index < -0.39 is 17.8 Å². The fraction of sp³-hybridized carbons (Fsp3) is 0.259. The number of ether oxygens (including phenoxy) is 1. The summed E-state index contributed by atoms with van der Waals surface area (Å²) in [5, 5.41) is 11.1. The number of amides is 2. The molecule has 8 nitrogen and oxygen atoms in total. The molecule has 4 aromatic rings. The lowest BCUT2D eigenvalue weighted by Crippen LogP contribution is -2.47. The molecule has 1 heterocycles. The van der Waals surface area contributed by atoms with Gasteiger partial charge in [0.05, 0.1) is 12.6 Å². The summed E-state index contributed by atoms with van der Waals surface area (Å²) >= 11 is 0. The molecule has 0 saturated heterocycles. The summed E-state index contributed by atoms with van der Waals surface area (Å²) in [4.78, 5) is 29.1. The highest BCUT2D eigenvalue weighted by Crippen LogP contribution is 2.29. The van der Waals surface area contributed by atoms with Crippen molar-refractivity contribution in [2.75, 3.05) is 12.4 Å². The summed E-state index contributed by atoms with van der Waals surface area (Å²) in [6.45, 7) is 3.77. The molecule has 186 valence electrons. The van der Waals surface area contributed by atoms with Crippen LogP contribution in [0.4, 0.5) is 10.1 Å². The Bertz CT molecular complexity index is 1360. The Morgan fingerprint density at radius 2 is 1.83 bits per heavy atom. The average molecular weight is 490 g/mol. The van der Waals surface area contributed by atoms with Crippen molar-refractivity contribution < 1.29 is 18.7 Å². The van der Waals surface area contributed by atoms with E-state index in [0.29, 0.717) is 28.9 Å². The van der Waals surface area contributed by atoms with E-state index in [1.54, 1.807) is 36.3 Å². The van der Waals surface area contributed by atoms with Crippen molar-refractivity contribution in [1.29, 1.82) is 0 Å². The summed E-state index contributed by atoms with van der Waals surface area (Å²) < 4.78 is 20.3. The molecule has 0 spiro atoms. The molecular weight excluding hydrogens is 461 g/mol. The van der Waals surface area contributed by atoms with Crippen molar-refractivity contribution in [3.8, 4) is 5.75 Å². The Morgan fingerprint density at radius 1 is 1.08 bits per heavy atom. The third-order valence-corrected chi connectivity index (χ3v) is 6.11. The number of rotatable bonds is 9. The largest absolute Gasteiger partial charge is 0.497 e. The van der Waals surface area contributed by atoms with Crippen LogP contribution < -0.4 is 10.1 Å². The highest BCUT2D eigenvalue weighted by Gasteiger charge is 2.35. The zero-order chi connectivity index (χ0) is 25.7. The number of carbonyl (C=O) groups excluding carboxylic acids is 2. The highest BCUT2D eigenvalue weighted by atomic mass is 19.1. The Labute approximate surface area is 208 Å². The number of methoxy groups -OCH3 is 1. The van der Waals surface area contributed by atoms with Crippen LogP contribution in [0.2, 0.25) is 0 Å². The van der Waals surface area contributed by atoms with Gasteiger partial charge in [-0.1, -0.05) is 36.4 Å². The first-order chi connectivity index (χ1) is 17.4. The standard InChI is InChI=1S/C27H28FN5O3/c1-4-18(2)33(25(34)17-32-24-11-6-5-10-23(24)30-31-32)26(19-8-7-9-22(16-19)36-3)27(35)29-21-14-12-20(28)13-15-21/h5-16,18,26H,4,17H2,1-3H3,(H,29,35)/t18-,26-/m0/s1. The van der Waals surface area contributed by atoms with Crippen molar-refractivity contribution in [3.63, 3.8) is 0 Å². The van der Waals surface area contributed by atoms with E-state index in [4.69, 9.17) is 4.74 Å². The van der Waals surface area contributed by atoms with Gasteiger partial charge in [-0.2, -0.15) is 0 Å². The van der Waals surface area contributed by atoms with E-state index >= 15 is 0 Å². The summed E-state index contributed by atoms with van der Waals surface area (Å²) in [5.74, 6) is -0.561. The molecule has 3 aromatic carbocycles. The van der Waals surface area contributed by atoms with Crippen LogP contribution >= 0.6 is 0 Å². The lowest BCUT2D eigenvalue weighted by atomic mass is 10.0. The number of halogens is 1. The fourth-order valence-electron chi connectivity index (χ4n) is 4.08. The number of hydrogen-bond donors (Lipinski definition) is 1. The van der Waals surface area contributed by atoms with Crippen LogP contribution in [0.15, 0.2) is 72.8 Å². The number of aromatic nitrogens is 3. The van der Waals surface area contributed by atoms with Gasteiger partial charge in [-0.05, 0) is 67.4 Å². The first kappa shape index (κ1) is 24.8. The molecule has 1 N–H and O–H groups in total. The molecule has 0 fully saturated rings. The molecule has 0 unspecified atom stereocenters. The SMILES string of the molecule is CC[C@H](C)N(C(=O)Cn1nnc2ccccc21)[C@H](C(=O)Nc1ccc(F)cc1)c1cccc(OC)c1. The van der Waals surface area contributed by atoms with Crippen LogP contribution in [-0.4, -0.2) is 44.9 Å². The van der Waals surface area contributed by atoms with Crippen LogP contribution in [0.5, 0.6) is 5.75 Å². The Hall–Kier alpha value is -4.27. The van der Waals surface area contributed by atoms with Gasteiger partial charge in [0.25, 0.3) is 5.91 Å². The summed E-state index contributed by atoms with van der Waals surface area (Å²) in [6.07, 6.45) is 0.619. The predicted octanol–water partition coefficient (Wildman–Crippen LogP) is 4.59. The Kier molecular flexibility index (Phi) is 7.58. The minimum atomic E-state index is -0.970. The molecule has 0 radical (unpaired) electrons. The van der Waals surface area contributed by atoms with Crippen molar-refractivity contribution >= 4 is 28.5 Å². The quantitative estimate of drug-likeness (QED) is 0.372. The number of hydrogen-bond acceptors (Lipinski definition) is 5. The van der Waals surface area contributed by atoms with Crippen LogP contribution in [0.3, 0.4) is 0 Å². The van der Waals surface area contributed by atoms with Crippen LogP contribution in [0.1, 0.15) is 31.9 Å². The minimum Gasteiger partial charge on any atom is -0.497 e. The zero-order valence-electron chi connectivity index (χ0n) is 20.4. The number of fused-ring (bicyclic) bond motifs is 1. The van der Waals surface area contributed by atoms with Crippen LogP contribution in [-0.2, 0) is 16.1 Å². The van der Waals surface area contributed by atoms with Gasteiger partial charge in [0.2, 0.25) is 5.91 Å². The van der Waals surface area contributed by atoms with Gasteiger partial charge >= 0.3 is 0 Å². The van der Waals surface area contributed by atoms with Crippen molar-refractivity contribution in [3.05, 3.63) is 84.2 Å². The molecule has 0 saturated carbocycles. The molecule has 2 amide bonds. The van der Waals surface area contributed by atoms with Gasteiger partial charge in [0, 0.05) is 11.7 Å². The zero-order valence-corrected chi connectivity index (χ0v) is 20.4. The molecule has 0 aliphatic carbocycles. The van der Waals surface area contributed by atoms with Crippen molar-refractivity contribution in [2.45, 2.75) is 38.9 Å². The lowest BCUT2D eigenvalue weighted by Gasteiger charge is -2.36. The number of benzene rings is 3. The summed E-state index contributed by atoms with van der Waals surface area (Å²) in [6, 6.07) is 18.7. The second kappa shape index (κ2) is 11.0. The third kappa shape index (κ3) is 5.35. The molecule has 2 atom stereocenters. The van der Waals surface area contributed by atoms with E-state index in [9.17, 15) is 14.0 Å². The minimum absolute atomic E-state index is 0.0881. The first-order valence-corrected chi connectivity index (χ1v) is 11.7. The van der Waals surface area contributed by atoms with Crippen LogP contribution in [0.25, 0.3) is 11.0 Å². The highest BCUT2D eigenvalue weighted by molar-refractivity contribution is 5.98. The Balaban J connectivity index is 1.73. The molecule has 9 heteroatoms. The second-order valence-electron chi connectivity index (χ2n) is 8.47. The maximum Gasteiger partial charge on any atom is 0.251 e. The van der Waals surface area contributed by atoms with E-state index in [1.165, 1.54) is 28.9 Å². The molecule has 1 aromatic heterocycles. The molecule has 0 aliphatic heterocycles. The number of carbonyl (C=O) groups is 2. The van der Waals surface area contributed by atoms with Crippen LogP contribution in [0, 0.1) is 5.82 Å². The van der Waals surface area contributed by atoms with Gasteiger partial charge in [0.1, 0.15) is 29.7 Å². The first-order valence-electron chi connectivity index (χ1n) is 11.7. The van der Waals surface area contributed by atoms with E-state index in [0.717, 1.165) is 5.52 Å². The van der Waals surface area contributed by atoms with Gasteiger partial charge in [-0.25, -0.2) is 9.07 Å². The van der Waals surface area contributed by atoms with Crippen molar-refractivity contribution in [2.24, 2.45) is 0 Å². The van der Waals surface area contributed by atoms with Gasteiger partial charge in [-0.15, -0.1) is 5.10 Å². The Morgan fingerprint density at radius 3 is 2.56 bits per heavy atom. The number of nitrogens with zero attached hydrogens (tertiary/aromatic N) is 4. The molecule has 4 rings (SSSR count). The molecule has 0 bridgehead atoms. The summed E-state index contributed by atoms with van der Waals surface area (Å²) in [7, 11) is 1.54. The second-order valence-corrected chi connectivity index (χ2v) is 8.47. The fourth-order valence-corrected chi connectivity index (χ4v) is 4.08. The maximum atomic E-state index is 13.8. The number of anilines is 1. The normalized spacial score (nSPS) is 12.7. The lowest BCUT2D eigenvalue weighted by molar-refractivity contribution is -0.142. The molecular formula is C27H28FN5O3.